The molecular weight excluding hydrogens is 258 g/mol. The number of hydrogen-bond donors (Lipinski definition) is 1. The fourth-order valence-electron chi connectivity index (χ4n) is 1.56. The molecule has 1 aromatic carbocycles. The van der Waals surface area contributed by atoms with Gasteiger partial charge < -0.3 is 10.1 Å². The van der Waals surface area contributed by atoms with Gasteiger partial charge in [-0.1, -0.05) is 0 Å². The lowest BCUT2D eigenvalue weighted by atomic mass is 10.1. The van der Waals surface area contributed by atoms with Crippen molar-refractivity contribution in [2.24, 2.45) is 0 Å². The van der Waals surface area contributed by atoms with Gasteiger partial charge in [-0.2, -0.15) is 0 Å². The summed E-state index contributed by atoms with van der Waals surface area (Å²) in [7, 11) is 1.31. The minimum Gasteiger partial charge on any atom is -0.465 e. The maximum Gasteiger partial charge on any atom is 0.337 e. The van der Waals surface area contributed by atoms with Gasteiger partial charge in [0, 0.05) is 18.0 Å². The van der Waals surface area contributed by atoms with Crippen molar-refractivity contribution >= 4 is 11.9 Å². The number of rotatable bonds is 4. The molecule has 20 heavy (non-hydrogen) atoms. The van der Waals surface area contributed by atoms with Crippen LogP contribution in [0, 0.1) is 0 Å². The molecule has 1 amide bonds. The first kappa shape index (κ1) is 13.7. The Labute approximate surface area is 115 Å². The summed E-state index contributed by atoms with van der Waals surface area (Å²) in [5.41, 5.74) is 0.851. The quantitative estimate of drug-likeness (QED) is 0.845. The molecule has 6 heteroatoms. The zero-order valence-corrected chi connectivity index (χ0v) is 10.9. The lowest BCUT2D eigenvalue weighted by molar-refractivity contribution is 0.0600. The van der Waals surface area contributed by atoms with Crippen LogP contribution in [0.2, 0.25) is 0 Å². The van der Waals surface area contributed by atoms with Crippen molar-refractivity contribution in [2.45, 2.75) is 6.54 Å². The van der Waals surface area contributed by atoms with Gasteiger partial charge in [0.2, 0.25) is 0 Å². The molecule has 102 valence electrons. The molecule has 0 unspecified atom stereocenters. The van der Waals surface area contributed by atoms with Crippen molar-refractivity contribution in [2.75, 3.05) is 7.11 Å². The summed E-state index contributed by atoms with van der Waals surface area (Å²) < 4.78 is 4.59. The molecule has 2 rings (SSSR count). The lowest BCUT2D eigenvalue weighted by Gasteiger charge is -2.05. The van der Waals surface area contributed by atoms with E-state index in [0.717, 1.165) is 0 Å². The van der Waals surface area contributed by atoms with Crippen LogP contribution in [0.4, 0.5) is 0 Å². The Hall–Kier alpha value is -2.76. The monoisotopic (exact) mass is 271 g/mol. The molecule has 0 atom stereocenters. The molecule has 0 fully saturated rings. The van der Waals surface area contributed by atoms with E-state index in [4.69, 9.17) is 0 Å². The Morgan fingerprint density at radius 3 is 2.30 bits per heavy atom. The SMILES string of the molecule is COC(=O)c1ccc(C(=O)NCc2ncccn2)cc1. The molecule has 6 nitrogen and oxygen atoms in total. The van der Waals surface area contributed by atoms with Gasteiger partial charge in [-0.15, -0.1) is 0 Å². The second-order valence-electron chi connectivity index (χ2n) is 3.92. The molecule has 0 radical (unpaired) electrons. The molecule has 1 heterocycles. The number of nitrogens with zero attached hydrogens (tertiary/aromatic N) is 2. The first-order chi connectivity index (χ1) is 9.70. The summed E-state index contributed by atoms with van der Waals surface area (Å²) in [6, 6.07) is 7.91. The summed E-state index contributed by atoms with van der Waals surface area (Å²) in [6.45, 7) is 0.248. The number of ether oxygens (including phenoxy) is 1. The maximum absolute atomic E-state index is 11.9. The van der Waals surface area contributed by atoms with E-state index in [1.807, 2.05) is 0 Å². The van der Waals surface area contributed by atoms with Crippen molar-refractivity contribution in [1.82, 2.24) is 15.3 Å². The van der Waals surface area contributed by atoms with E-state index in [0.29, 0.717) is 17.0 Å². The van der Waals surface area contributed by atoms with Crippen LogP contribution in [-0.4, -0.2) is 29.0 Å². The van der Waals surface area contributed by atoms with Crippen molar-refractivity contribution in [3.63, 3.8) is 0 Å². The van der Waals surface area contributed by atoms with Gasteiger partial charge in [0.05, 0.1) is 19.2 Å². The van der Waals surface area contributed by atoms with Gasteiger partial charge in [0.15, 0.2) is 0 Å². The number of hydrogen-bond acceptors (Lipinski definition) is 5. The number of methoxy groups -OCH3 is 1. The van der Waals surface area contributed by atoms with Crippen LogP contribution in [0.5, 0.6) is 0 Å². The summed E-state index contributed by atoms with van der Waals surface area (Å²) in [5, 5.41) is 2.70. The fraction of sp³-hybridized carbons (Fsp3) is 0.143. The van der Waals surface area contributed by atoms with Crippen molar-refractivity contribution in [3.8, 4) is 0 Å². The third-order valence-corrected chi connectivity index (χ3v) is 2.59. The second kappa shape index (κ2) is 6.42. The van der Waals surface area contributed by atoms with Crippen LogP contribution < -0.4 is 5.32 Å². The van der Waals surface area contributed by atoms with Crippen molar-refractivity contribution in [3.05, 3.63) is 59.7 Å². The molecule has 0 spiro atoms. The van der Waals surface area contributed by atoms with E-state index in [2.05, 4.69) is 20.0 Å². The first-order valence-electron chi connectivity index (χ1n) is 5.93. The number of nitrogens with one attached hydrogen (secondary N) is 1. The Balaban J connectivity index is 1.97. The molecule has 2 aromatic rings. The van der Waals surface area contributed by atoms with Crippen LogP contribution in [0.3, 0.4) is 0 Å². The normalized spacial score (nSPS) is 9.85. The highest BCUT2D eigenvalue weighted by molar-refractivity contribution is 5.96. The van der Waals surface area contributed by atoms with Gasteiger partial charge in [0.1, 0.15) is 5.82 Å². The smallest absolute Gasteiger partial charge is 0.337 e. The number of carbonyl (C=O) groups is 2. The van der Waals surface area contributed by atoms with E-state index < -0.39 is 5.97 Å². The van der Waals surface area contributed by atoms with Crippen LogP contribution >= 0.6 is 0 Å². The summed E-state index contributed by atoms with van der Waals surface area (Å²) in [5.74, 6) is -0.157. The van der Waals surface area contributed by atoms with Crippen LogP contribution in [0.1, 0.15) is 26.5 Å². The van der Waals surface area contributed by atoms with E-state index >= 15 is 0 Å². The highest BCUT2D eigenvalue weighted by Gasteiger charge is 2.09. The van der Waals surface area contributed by atoms with Gasteiger partial charge in [-0.3, -0.25) is 4.79 Å². The minimum atomic E-state index is -0.436. The van der Waals surface area contributed by atoms with Gasteiger partial charge in [-0.05, 0) is 30.3 Å². The predicted octanol–water partition coefficient (Wildman–Crippen LogP) is 1.19. The molecule has 0 aliphatic carbocycles. The Morgan fingerprint density at radius 2 is 1.70 bits per heavy atom. The Kier molecular flexibility index (Phi) is 4.39. The lowest BCUT2D eigenvalue weighted by Crippen LogP contribution is -2.23. The second-order valence-corrected chi connectivity index (χ2v) is 3.92. The average Bonchev–Trinajstić information content (AvgIpc) is 2.53. The number of esters is 1. The van der Waals surface area contributed by atoms with Crippen LogP contribution in [0.25, 0.3) is 0 Å². The third-order valence-electron chi connectivity index (χ3n) is 2.59. The highest BCUT2D eigenvalue weighted by Crippen LogP contribution is 2.06. The van der Waals surface area contributed by atoms with Crippen LogP contribution in [0.15, 0.2) is 42.7 Å². The van der Waals surface area contributed by atoms with Gasteiger partial charge in [0.25, 0.3) is 5.91 Å². The molecule has 1 aromatic heterocycles. The Morgan fingerprint density at radius 1 is 1.10 bits per heavy atom. The summed E-state index contributed by atoms with van der Waals surface area (Å²) >= 11 is 0. The number of carbonyl (C=O) groups excluding carboxylic acids is 2. The molecule has 0 saturated heterocycles. The zero-order chi connectivity index (χ0) is 14.4. The van der Waals surface area contributed by atoms with Crippen molar-refractivity contribution < 1.29 is 14.3 Å². The summed E-state index contributed by atoms with van der Waals surface area (Å²) in [4.78, 5) is 31.2. The number of benzene rings is 1. The van der Waals surface area contributed by atoms with E-state index in [1.54, 1.807) is 42.7 Å². The first-order valence-corrected chi connectivity index (χ1v) is 5.93. The molecular formula is C14H13N3O3. The zero-order valence-electron chi connectivity index (χ0n) is 10.9. The molecule has 1 N–H and O–H groups in total. The van der Waals surface area contributed by atoms with E-state index in [9.17, 15) is 9.59 Å². The topological polar surface area (TPSA) is 81.2 Å². The Bertz CT molecular complexity index is 597. The minimum absolute atomic E-state index is 0.248. The number of aromatic nitrogens is 2. The molecule has 0 saturated carbocycles. The molecule has 0 aliphatic rings. The van der Waals surface area contributed by atoms with Gasteiger partial charge >= 0.3 is 5.97 Å². The predicted molar refractivity (Wildman–Crippen MR) is 71.0 cm³/mol. The average molecular weight is 271 g/mol. The largest absolute Gasteiger partial charge is 0.465 e. The molecule has 0 bridgehead atoms. The highest BCUT2D eigenvalue weighted by atomic mass is 16.5. The fourth-order valence-corrected chi connectivity index (χ4v) is 1.56. The van der Waals surface area contributed by atoms with Gasteiger partial charge in [-0.25, -0.2) is 14.8 Å². The van der Waals surface area contributed by atoms with Crippen LogP contribution in [-0.2, 0) is 11.3 Å². The summed E-state index contributed by atoms with van der Waals surface area (Å²) in [6.07, 6.45) is 3.22. The third kappa shape index (κ3) is 3.38. The molecule has 0 aliphatic heterocycles. The van der Waals surface area contributed by atoms with Crippen molar-refractivity contribution in [1.29, 1.82) is 0 Å². The number of amides is 1. The maximum atomic E-state index is 11.9. The van der Waals surface area contributed by atoms with E-state index in [-0.39, 0.29) is 12.5 Å². The standard InChI is InChI=1S/C14H13N3O3/c1-20-14(19)11-5-3-10(4-6-11)13(18)17-9-12-15-7-2-8-16-12/h2-8H,9H2,1H3,(H,17,18). The van der Waals surface area contributed by atoms with E-state index in [1.165, 1.54) is 7.11 Å².